The van der Waals surface area contributed by atoms with Gasteiger partial charge < -0.3 is 20.3 Å². The molecule has 56 heavy (non-hydrogen) atoms. The molecule has 0 heterocycles. The quantitative estimate of drug-likeness (QED) is 0.0324. The summed E-state index contributed by atoms with van der Waals surface area (Å²) in [5, 5.41) is 23.2. The van der Waals surface area contributed by atoms with E-state index in [0.29, 0.717) is 25.9 Å². The third-order valence-corrected chi connectivity index (χ3v) is 11.2. The van der Waals surface area contributed by atoms with Crippen molar-refractivity contribution in [2.45, 2.75) is 270 Å². The Bertz CT molecular complexity index is 874. The molecule has 2 atom stereocenters. The normalized spacial score (nSPS) is 12.9. The van der Waals surface area contributed by atoms with Crippen molar-refractivity contribution in [3.8, 4) is 0 Å². The van der Waals surface area contributed by atoms with Gasteiger partial charge in [-0.05, 0) is 51.4 Å². The van der Waals surface area contributed by atoms with Crippen molar-refractivity contribution in [3.05, 3.63) is 24.3 Å². The number of unbranched alkanes of at least 4 members (excludes halogenated alkanes) is 30. The zero-order valence-corrected chi connectivity index (χ0v) is 37.4. The van der Waals surface area contributed by atoms with Crippen LogP contribution in [-0.2, 0) is 14.3 Å². The summed E-state index contributed by atoms with van der Waals surface area (Å²) in [4.78, 5) is 24.4. The largest absolute Gasteiger partial charge is 0.466 e. The van der Waals surface area contributed by atoms with Gasteiger partial charge in [0.05, 0.1) is 25.4 Å². The second-order valence-electron chi connectivity index (χ2n) is 16.8. The van der Waals surface area contributed by atoms with Gasteiger partial charge in [0.1, 0.15) is 0 Å². The molecule has 0 bridgehead atoms. The first-order valence-electron chi connectivity index (χ1n) is 24.6. The van der Waals surface area contributed by atoms with Crippen LogP contribution in [0.2, 0.25) is 0 Å². The summed E-state index contributed by atoms with van der Waals surface area (Å²) in [7, 11) is 0. The van der Waals surface area contributed by atoms with Gasteiger partial charge in [-0.1, -0.05) is 218 Å². The first-order valence-corrected chi connectivity index (χ1v) is 24.6. The van der Waals surface area contributed by atoms with Crippen LogP contribution in [0.1, 0.15) is 258 Å². The molecule has 0 saturated heterocycles. The number of nitrogens with one attached hydrogen (secondary N) is 1. The van der Waals surface area contributed by atoms with E-state index in [1.165, 1.54) is 154 Å². The van der Waals surface area contributed by atoms with Gasteiger partial charge in [0.15, 0.2) is 0 Å². The van der Waals surface area contributed by atoms with Crippen LogP contribution in [0.25, 0.3) is 0 Å². The number of hydrogen-bond acceptors (Lipinski definition) is 5. The summed E-state index contributed by atoms with van der Waals surface area (Å²) in [6.07, 6.45) is 52.8. The lowest BCUT2D eigenvalue weighted by Gasteiger charge is -2.22. The Labute approximate surface area is 348 Å². The minimum absolute atomic E-state index is 0.0402. The van der Waals surface area contributed by atoms with Crippen LogP contribution in [-0.4, -0.2) is 47.4 Å². The highest BCUT2D eigenvalue weighted by molar-refractivity contribution is 5.76. The van der Waals surface area contributed by atoms with E-state index in [1.54, 1.807) is 0 Å². The summed E-state index contributed by atoms with van der Waals surface area (Å²) in [6.45, 7) is 4.82. The van der Waals surface area contributed by atoms with E-state index in [4.69, 9.17) is 4.74 Å². The lowest BCUT2D eigenvalue weighted by molar-refractivity contribution is -0.143. The first-order chi connectivity index (χ1) is 27.5. The highest BCUT2D eigenvalue weighted by atomic mass is 16.5. The van der Waals surface area contributed by atoms with Crippen molar-refractivity contribution in [1.29, 1.82) is 0 Å². The Kier molecular flexibility index (Phi) is 44.7. The van der Waals surface area contributed by atoms with Crippen LogP contribution in [0, 0.1) is 0 Å². The van der Waals surface area contributed by atoms with E-state index in [9.17, 15) is 19.8 Å². The molecule has 0 saturated carbocycles. The smallest absolute Gasteiger partial charge is 0.305 e. The summed E-state index contributed by atoms with van der Waals surface area (Å²) in [5.41, 5.74) is 0. The summed E-state index contributed by atoms with van der Waals surface area (Å²) < 4.78 is 5.43. The zero-order chi connectivity index (χ0) is 40.8. The number of carbonyl (C=O) groups excluding carboxylic acids is 2. The molecule has 0 aromatic heterocycles. The van der Waals surface area contributed by atoms with Gasteiger partial charge in [0.2, 0.25) is 5.91 Å². The summed E-state index contributed by atoms with van der Waals surface area (Å²) in [6, 6.07) is -0.562. The minimum atomic E-state index is -0.682. The number of ether oxygens (including phenoxy) is 1. The lowest BCUT2D eigenvalue weighted by Crippen LogP contribution is -2.45. The highest BCUT2D eigenvalue weighted by Gasteiger charge is 2.20. The molecule has 0 aromatic rings. The van der Waals surface area contributed by atoms with Crippen molar-refractivity contribution in [1.82, 2.24) is 5.32 Å². The fourth-order valence-corrected chi connectivity index (χ4v) is 7.44. The predicted octanol–water partition coefficient (Wildman–Crippen LogP) is 14.3. The number of aliphatic hydroxyl groups excluding tert-OH is 2. The van der Waals surface area contributed by atoms with Gasteiger partial charge in [0, 0.05) is 12.8 Å². The molecule has 2 unspecified atom stereocenters. The van der Waals surface area contributed by atoms with E-state index < -0.39 is 12.1 Å². The third kappa shape index (κ3) is 42.0. The van der Waals surface area contributed by atoms with Gasteiger partial charge in [-0.25, -0.2) is 0 Å². The fraction of sp³-hybridized carbons (Fsp3) is 0.880. The summed E-state index contributed by atoms with van der Waals surface area (Å²) in [5.74, 6) is -0.103. The number of rotatable bonds is 45. The molecular formula is C50H95NO5. The molecule has 0 fully saturated rings. The van der Waals surface area contributed by atoms with Crippen LogP contribution in [0.15, 0.2) is 24.3 Å². The maximum absolute atomic E-state index is 12.4. The number of amides is 1. The minimum Gasteiger partial charge on any atom is -0.466 e. The number of allylic oxidation sites excluding steroid dienone is 4. The van der Waals surface area contributed by atoms with E-state index in [-0.39, 0.29) is 18.5 Å². The van der Waals surface area contributed by atoms with E-state index >= 15 is 0 Å². The highest BCUT2D eigenvalue weighted by Crippen LogP contribution is 2.16. The predicted molar refractivity (Wildman–Crippen MR) is 241 cm³/mol. The molecule has 0 aliphatic heterocycles. The number of hydrogen-bond donors (Lipinski definition) is 3. The Morgan fingerprint density at radius 1 is 0.500 bits per heavy atom. The van der Waals surface area contributed by atoms with Crippen LogP contribution >= 0.6 is 0 Å². The van der Waals surface area contributed by atoms with Crippen molar-refractivity contribution in [3.63, 3.8) is 0 Å². The van der Waals surface area contributed by atoms with Crippen molar-refractivity contribution in [2.75, 3.05) is 13.2 Å². The molecule has 0 aromatic carbocycles. The topological polar surface area (TPSA) is 95.9 Å². The molecule has 6 heteroatoms. The lowest BCUT2D eigenvalue weighted by atomic mass is 10.0. The van der Waals surface area contributed by atoms with Gasteiger partial charge in [-0.15, -0.1) is 0 Å². The average molecular weight is 790 g/mol. The Hall–Kier alpha value is -1.66. The molecule has 0 aliphatic carbocycles. The van der Waals surface area contributed by atoms with Crippen molar-refractivity contribution in [2.24, 2.45) is 0 Å². The average Bonchev–Trinajstić information content (AvgIpc) is 3.20. The third-order valence-electron chi connectivity index (χ3n) is 11.2. The fourth-order valence-electron chi connectivity index (χ4n) is 7.44. The SMILES string of the molecule is CCC/C=C\C/C=C\CCCCCCCC(=O)OCCCCCCCCCCCC(=O)NC(CO)C(O)CCCCCCCCCCCCCCCCCCC. The molecule has 0 rings (SSSR count). The summed E-state index contributed by atoms with van der Waals surface area (Å²) >= 11 is 0. The van der Waals surface area contributed by atoms with E-state index in [2.05, 4.69) is 43.5 Å². The Morgan fingerprint density at radius 3 is 1.43 bits per heavy atom. The molecular weight excluding hydrogens is 695 g/mol. The van der Waals surface area contributed by atoms with E-state index in [0.717, 1.165) is 70.6 Å². The molecule has 330 valence electrons. The zero-order valence-electron chi connectivity index (χ0n) is 37.4. The van der Waals surface area contributed by atoms with Crippen molar-refractivity contribution >= 4 is 11.9 Å². The van der Waals surface area contributed by atoms with Gasteiger partial charge in [-0.2, -0.15) is 0 Å². The molecule has 0 aliphatic rings. The van der Waals surface area contributed by atoms with Crippen LogP contribution in [0.3, 0.4) is 0 Å². The Morgan fingerprint density at radius 2 is 0.929 bits per heavy atom. The van der Waals surface area contributed by atoms with Gasteiger partial charge >= 0.3 is 5.97 Å². The van der Waals surface area contributed by atoms with Crippen LogP contribution in [0.4, 0.5) is 0 Å². The number of esters is 1. The van der Waals surface area contributed by atoms with Crippen molar-refractivity contribution < 1.29 is 24.5 Å². The maximum atomic E-state index is 12.4. The molecule has 1 amide bonds. The van der Waals surface area contributed by atoms with Gasteiger partial charge in [-0.3, -0.25) is 9.59 Å². The molecule has 0 radical (unpaired) electrons. The monoisotopic (exact) mass is 790 g/mol. The van der Waals surface area contributed by atoms with E-state index in [1.807, 2.05) is 0 Å². The molecule has 3 N–H and O–H groups in total. The number of aliphatic hydroxyl groups is 2. The number of carbonyl (C=O) groups is 2. The first kappa shape index (κ1) is 54.3. The Balaban J connectivity index is 3.51. The second kappa shape index (κ2) is 46.0. The standard InChI is InChI=1S/C50H95NO5/c1-3-5-7-9-11-13-15-17-18-19-20-22-23-26-30-34-38-42-48(53)47(46-52)51-49(54)43-39-35-31-27-25-29-33-37-41-45-56-50(55)44-40-36-32-28-24-21-16-14-12-10-8-6-4-2/h8,10,14,16,47-48,52-53H,3-7,9,11-13,15,17-46H2,1-2H3,(H,51,54)/b10-8-,16-14-. The van der Waals surface area contributed by atoms with Crippen LogP contribution in [0.5, 0.6) is 0 Å². The molecule has 0 spiro atoms. The second-order valence-corrected chi connectivity index (χ2v) is 16.8. The molecule has 6 nitrogen and oxygen atoms in total. The van der Waals surface area contributed by atoms with Gasteiger partial charge in [0.25, 0.3) is 0 Å². The maximum Gasteiger partial charge on any atom is 0.305 e. The van der Waals surface area contributed by atoms with Crippen LogP contribution < -0.4 is 5.32 Å².